The molecule has 2 N–H and O–H groups in total. The maximum atomic E-state index is 5.54. The summed E-state index contributed by atoms with van der Waals surface area (Å²) in [4.78, 5) is 0. The van der Waals surface area contributed by atoms with Crippen LogP contribution in [-0.4, -0.2) is 16.2 Å². The molecule has 1 aliphatic carbocycles. The number of aromatic nitrogens is 2. The Balaban J connectivity index is 1.67. The average Bonchev–Trinajstić information content (AvgIpc) is 3.13. The van der Waals surface area contributed by atoms with Gasteiger partial charge in [0, 0.05) is 10.5 Å². The van der Waals surface area contributed by atoms with Gasteiger partial charge < -0.3 is 15.1 Å². The SMILES string of the molecule is Cc1cccc(Nc2nnc(CNC3CC3)o2)c1Br. The van der Waals surface area contributed by atoms with Gasteiger partial charge in [0.2, 0.25) is 5.89 Å². The molecule has 0 bridgehead atoms. The van der Waals surface area contributed by atoms with Gasteiger partial charge in [-0.1, -0.05) is 17.2 Å². The predicted octanol–water partition coefficient (Wildman–Crippen LogP) is 3.14. The molecule has 3 rings (SSSR count). The zero-order valence-corrected chi connectivity index (χ0v) is 12.2. The van der Waals surface area contributed by atoms with Crippen LogP contribution in [0.2, 0.25) is 0 Å². The van der Waals surface area contributed by atoms with Crippen molar-refractivity contribution >= 4 is 27.6 Å². The number of aryl methyl sites for hydroxylation is 1. The molecule has 1 aliphatic rings. The predicted molar refractivity (Wildman–Crippen MR) is 76.3 cm³/mol. The fraction of sp³-hybridized carbons (Fsp3) is 0.385. The Bertz CT molecular complexity index is 580. The number of anilines is 2. The highest BCUT2D eigenvalue weighted by Crippen LogP contribution is 2.28. The van der Waals surface area contributed by atoms with Gasteiger partial charge in [-0.2, -0.15) is 0 Å². The lowest BCUT2D eigenvalue weighted by molar-refractivity contribution is 0.478. The molecule has 2 aromatic rings. The van der Waals surface area contributed by atoms with E-state index in [0.717, 1.165) is 15.7 Å². The topological polar surface area (TPSA) is 63.0 Å². The minimum absolute atomic E-state index is 0.416. The number of halogens is 1. The van der Waals surface area contributed by atoms with Gasteiger partial charge in [0.25, 0.3) is 0 Å². The molecular weight excluding hydrogens is 308 g/mol. The average molecular weight is 323 g/mol. The first-order valence-corrected chi connectivity index (χ1v) is 7.09. The quantitative estimate of drug-likeness (QED) is 0.885. The van der Waals surface area contributed by atoms with E-state index in [4.69, 9.17) is 4.42 Å². The molecule has 5 nitrogen and oxygen atoms in total. The minimum atomic E-state index is 0.416. The van der Waals surface area contributed by atoms with Crippen LogP contribution in [0.1, 0.15) is 24.3 Å². The van der Waals surface area contributed by atoms with Crippen molar-refractivity contribution in [3.05, 3.63) is 34.1 Å². The molecule has 0 aliphatic heterocycles. The number of hydrogen-bond donors (Lipinski definition) is 2. The van der Waals surface area contributed by atoms with Crippen molar-refractivity contribution in [2.24, 2.45) is 0 Å². The van der Waals surface area contributed by atoms with E-state index < -0.39 is 0 Å². The lowest BCUT2D eigenvalue weighted by Crippen LogP contribution is -2.15. The molecule has 19 heavy (non-hydrogen) atoms. The summed E-state index contributed by atoms with van der Waals surface area (Å²) in [5.41, 5.74) is 2.07. The first kappa shape index (κ1) is 12.6. The molecule has 1 aromatic carbocycles. The summed E-state index contributed by atoms with van der Waals surface area (Å²) >= 11 is 3.54. The lowest BCUT2D eigenvalue weighted by atomic mass is 10.2. The van der Waals surface area contributed by atoms with Crippen molar-refractivity contribution in [2.75, 3.05) is 5.32 Å². The monoisotopic (exact) mass is 322 g/mol. The Labute approximate surface area is 119 Å². The molecule has 0 radical (unpaired) electrons. The second-order valence-electron chi connectivity index (χ2n) is 4.72. The van der Waals surface area contributed by atoms with E-state index in [9.17, 15) is 0 Å². The standard InChI is InChI=1S/C13H15BrN4O/c1-8-3-2-4-10(12(8)14)16-13-18-17-11(19-13)7-15-9-5-6-9/h2-4,9,15H,5-7H2,1H3,(H,16,18). The first-order chi connectivity index (χ1) is 9.22. The minimum Gasteiger partial charge on any atom is -0.406 e. The summed E-state index contributed by atoms with van der Waals surface area (Å²) in [5.74, 6) is 0.609. The van der Waals surface area contributed by atoms with Crippen LogP contribution in [0.4, 0.5) is 11.7 Å². The molecule has 0 spiro atoms. The maximum Gasteiger partial charge on any atom is 0.320 e. The van der Waals surface area contributed by atoms with Crippen molar-refractivity contribution in [1.82, 2.24) is 15.5 Å². The maximum absolute atomic E-state index is 5.54. The Morgan fingerprint density at radius 1 is 1.37 bits per heavy atom. The zero-order chi connectivity index (χ0) is 13.2. The van der Waals surface area contributed by atoms with E-state index in [-0.39, 0.29) is 0 Å². The number of nitrogens with one attached hydrogen (secondary N) is 2. The second-order valence-corrected chi connectivity index (χ2v) is 5.51. The number of hydrogen-bond acceptors (Lipinski definition) is 5. The van der Waals surface area contributed by atoms with Crippen molar-refractivity contribution in [3.8, 4) is 0 Å². The van der Waals surface area contributed by atoms with Crippen molar-refractivity contribution < 1.29 is 4.42 Å². The van der Waals surface area contributed by atoms with Crippen LogP contribution in [0, 0.1) is 6.92 Å². The van der Waals surface area contributed by atoms with E-state index in [1.165, 1.54) is 12.8 Å². The molecule has 1 saturated carbocycles. The van der Waals surface area contributed by atoms with Gasteiger partial charge in [0.1, 0.15) is 0 Å². The van der Waals surface area contributed by atoms with Crippen LogP contribution in [0.3, 0.4) is 0 Å². The van der Waals surface area contributed by atoms with E-state index in [2.05, 4.69) is 36.8 Å². The zero-order valence-electron chi connectivity index (χ0n) is 10.6. The molecule has 0 atom stereocenters. The smallest absolute Gasteiger partial charge is 0.320 e. The van der Waals surface area contributed by atoms with Crippen LogP contribution >= 0.6 is 15.9 Å². The Morgan fingerprint density at radius 3 is 3.00 bits per heavy atom. The van der Waals surface area contributed by atoms with Crippen LogP contribution in [0.15, 0.2) is 27.1 Å². The summed E-state index contributed by atoms with van der Waals surface area (Å²) in [6.45, 7) is 2.67. The molecule has 1 aromatic heterocycles. The largest absolute Gasteiger partial charge is 0.406 e. The van der Waals surface area contributed by atoms with Crippen LogP contribution in [-0.2, 0) is 6.54 Å². The summed E-state index contributed by atoms with van der Waals surface area (Å²) in [6.07, 6.45) is 2.49. The highest BCUT2D eigenvalue weighted by Gasteiger charge is 2.21. The number of rotatable bonds is 5. The van der Waals surface area contributed by atoms with Gasteiger partial charge >= 0.3 is 6.01 Å². The summed E-state index contributed by atoms with van der Waals surface area (Å²) in [7, 11) is 0. The van der Waals surface area contributed by atoms with Gasteiger partial charge in [-0.3, -0.25) is 0 Å². The van der Waals surface area contributed by atoms with Gasteiger partial charge in [-0.05, 0) is 47.3 Å². The molecule has 100 valence electrons. The Morgan fingerprint density at radius 2 is 2.21 bits per heavy atom. The highest BCUT2D eigenvalue weighted by molar-refractivity contribution is 9.10. The van der Waals surface area contributed by atoms with Crippen molar-refractivity contribution in [1.29, 1.82) is 0 Å². The lowest BCUT2D eigenvalue weighted by Gasteiger charge is -2.06. The van der Waals surface area contributed by atoms with Gasteiger partial charge in [0.15, 0.2) is 0 Å². The molecule has 0 amide bonds. The molecular formula is C13H15BrN4O. The molecule has 0 saturated heterocycles. The summed E-state index contributed by atoms with van der Waals surface area (Å²) in [5, 5.41) is 14.5. The highest BCUT2D eigenvalue weighted by atomic mass is 79.9. The normalized spacial score (nSPS) is 14.6. The molecule has 1 fully saturated rings. The summed E-state index contributed by atoms with van der Waals surface area (Å²) in [6, 6.07) is 7.03. The molecule has 1 heterocycles. The van der Waals surface area contributed by atoms with E-state index >= 15 is 0 Å². The Hall–Kier alpha value is -1.40. The van der Waals surface area contributed by atoms with Crippen LogP contribution in [0.25, 0.3) is 0 Å². The Kier molecular flexibility index (Phi) is 3.52. The fourth-order valence-corrected chi connectivity index (χ4v) is 2.12. The van der Waals surface area contributed by atoms with E-state index in [1.54, 1.807) is 0 Å². The van der Waals surface area contributed by atoms with Crippen molar-refractivity contribution in [3.63, 3.8) is 0 Å². The third-order valence-corrected chi connectivity index (χ3v) is 4.07. The van der Waals surface area contributed by atoms with Gasteiger partial charge in [0.05, 0.1) is 12.2 Å². The van der Waals surface area contributed by atoms with Crippen molar-refractivity contribution in [2.45, 2.75) is 32.4 Å². The third kappa shape index (κ3) is 3.13. The van der Waals surface area contributed by atoms with Crippen LogP contribution in [0.5, 0.6) is 0 Å². The molecule has 0 unspecified atom stereocenters. The van der Waals surface area contributed by atoms with E-state index in [0.29, 0.717) is 24.5 Å². The first-order valence-electron chi connectivity index (χ1n) is 6.30. The van der Waals surface area contributed by atoms with Gasteiger partial charge in [-0.15, -0.1) is 5.10 Å². The van der Waals surface area contributed by atoms with E-state index in [1.807, 2.05) is 25.1 Å². The third-order valence-electron chi connectivity index (χ3n) is 3.02. The second kappa shape index (κ2) is 5.30. The van der Waals surface area contributed by atoms with Crippen LogP contribution < -0.4 is 10.6 Å². The summed E-state index contributed by atoms with van der Waals surface area (Å²) < 4.78 is 6.55. The number of nitrogens with zero attached hydrogens (tertiary/aromatic N) is 2. The fourth-order valence-electron chi connectivity index (χ4n) is 1.75. The number of benzene rings is 1. The molecule has 6 heteroatoms. The van der Waals surface area contributed by atoms with Gasteiger partial charge in [-0.25, -0.2) is 0 Å².